The first-order valence-corrected chi connectivity index (χ1v) is 4.86. The number of carboxylic acid groups (broad SMARTS) is 1. The van der Waals surface area contributed by atoms with Gasteiger partial charge < -0.3 is 9.84 Å². The van der Waals surface area contributed by atoms with E-state index in [4.69, 9.17) is 5.11 Å². The number of hydrogen-bond donors (Lipinski definition) is 1. The summed E-state index contributed by atoms with van der Waals surface area (Å²) >= 11 is 0. The SMILES string of the molecule is CC(C)(C)c1ccc(C(=O)OC(=O)O)cc1. The molecule has 0 spiro atoms. The van der Waals surface area contributed by atoms with Gasteiger partial charge in [0, 0.05) is 0 Å². The molecule has 0 fully saturated rings. The molecule has 0 aliphatic heterocycles. The van der Waals surface area contributed by atoms with Crippen molar-refractivity contribution in [3.05, 3.63) is 35.4 Å². The maximum absolute atomic E-state index is 11.2. The van der Waals surface area contributed by atoms with Crippen LogP contribution in [0.2, 0.25) is 0 Å². The summed E-state index contributed by atoms with van der Waals surface area (Å²) in [6.07, 6.45) is -1.59. The Labute approximate surface area is 93.9 Å². The Morgan fingerprint density at radius 2 is 1.62 bits per heavy atom. The molecule has 0 bridgehead atoms. The van der Waals surface area contributed by atoms with Gasteiger partial charge in [-0.15, -0.1) is 0 Å². The van der Waals surface area contributed by atoms with Crippen molar-refractivity contribution in [3.8, 4) is 0 Å². The summed E-state index contributed by atoms with van der Waals surface area (Å²) in [5.74, 6) is -0.854. The third-order valence-electron chi connectivity index (χ3n) is 2.17. The van der Waals surface area contributed by atoms with Gasteiger partial charge in [0.05, 0.1) is 5.56 Å². The van der Waals surface area contributed by atoms with E-state index in [1.807, 2.05) is 0 Å². The van der Waals surface area contributed by atoms with Crippen LogP contribution in [0.3, 0.4) is 0 Å². The Morgan fingerprint density at radius 3 is 2.00 bits per heavy atom. The Balaban J connectivity index is 2.87. The van der Waals surface area contributed by atoms with E-state index in [1.165, 1.54) is 0 Å². The first kappa shape index (κ1) is 12.2. The Bertz CT molecular complexity index is 398. The van der Waals surface area contributed by atoms with Crippen LogP contribution in [0, 0.1) is 0 Å². The lowest BCUT2D eigenvalue weighted by atomic mass is 9.87. The standard InChI is InChI=1S/C12H14O4/c1-12(2,3)9-6-4-8(5-7-9)10(13)16-11(14)15/h4-7H,1-3H3,(H,14,15). The molecule has 0 aromatic heterocycles. The molecule has 0 heterocycles. The molecule has 0 radical (unpaired) electrons. The highest BCUT2D eigenvalue weighted by molar-refractivity contribution is 5.94. The molecule has 0 unspecified atom stereocenters. The summed E-state index contributed by atoms with van der Waals surface area (Å²) in [4.78, 5) is 21.4. The van der Waals surface area contributed by atoms with Crippen molar-refractivity contribution in [1.29, 1.82) is 0 Å². The second-order valence-electron chi connectivity index (χ2n) is 4.48. The fourth-order valence-electron chi connectivity index (χ4n) is 1.24. The van der Waals surface area contributed by atoms with E-state index in [0.29, 0.717) is 0 Å². The van der Waals surface area contributed by atoms with Gasteiger partial charge >= 0.3 is 12.1 Å². The van der Waals surface area contributed by atoms with Gasteiger partial charge in [0.25, 0.3) is 0 Å². The minimum Gasteiger partial charge on any atom is -0.449 e. The average Bonchev–Trinajstić information content (AvgIpc) is 2.15. The number of carbonyl (C=O) groups is 2. The normalized spacial score (nSPS) is 10.9. The minimum absolute atomic E-state index is 0.00473. The lowest BCUT2D eigenvalue weighted by Crippen LogP contribution is -2.13. The number of esters is 1. The summed E-state index contributed by atoms with van der Waals surface area (Å²) in [5, 5.41) is 8.29. The van der Waals surface area contributed by atoms with Gasteiger partial charge in [0.2, 0.25) is 0 Å². The lowest BCUT2D eigenvalue weighted by molar-refractivity contribution is 0.0509. The molecule has 0 aliphatic carbocycles. The number of rotatable bonds is 1. The zero-order valence-corrected chi connectivity index (χ0v) is 9.48. The molecular formula is C12H14O4. The number of hydrogen-bond acceptors (Lipinski definition) is 3. The molecule has 1 rings (SSSR count). The molecule has 16 heavy (non-hydrogen) atoms. The van der Waals surface area contributed by atoms with E-state index in [9.17, 15) is 9.59 Å². The highest BCUT2D eigenvalue weighted by Gasteiger charge is 2.15. The predicted octanol–water partition coefficient (Wildman–Crippen LogP) is 2.82. The fourth-order valence-corrected chi connectivity index (χ4v) is 1.24. The number of carbonyl (C=O) groups excluding carboxylic acids is 1. The molecule has 1 aromatic rings. The first-order chi connectivity index (χ1) is 7.30. The third-order valence-corrected chi connectivity index (χ3v) is 2.17. The van der Waals surface area contributed by atoms with Gasteiger partial charge in [-0.1, -0.05) is 32.9 Å². The van der Waals surface area contributed by atoms with Crippen LogP contribution in [0.1, 0.15) is 36.7 Å². The van der Waals surface area contributed by atoms with Crippen LogP contribution in [-0.4, -0.2) is 17.2 Å². The van der Waals surface area contributed by atoms with Crippen molar-refractivity contribution >= 4 is 12.1 Å². The van der Waals surface area contributed by atoms with Crippen molar-refractivity contribution in [1.82, 2.24) is 0 Å². The molecule has 0 aliphatic rings. The molecule has 0 saturated heterocycles. The monoisotopic (exact) mass is 222 g/mol. The summed E-state index contributed by atoms with van der Waals surface area (Å²) < 4.78 is 4.04. The van der Waals surface area contributed by atoms with Gasteiger partial charge in [-0.3, -0.25) is 0 Å². The largest absolute Gasteiger partial charge is 0.513 e. The van der Waals surface area contributed by atoms with Crippen LogP contribution in [0.4, 0.5) is 4.79 Å². The molecule has 4 heteroatoms. The average molecular weight is 222 g/mol. The maximum Gasteiger partial charge on any atom is 0.513 e. The molecule has 0 saturated carbocycles. The van der Waals surface area contributed by atoms with E-state index < -0.39 is 12.1 Å². The van der Waals surface area contributed by atoms with Gasteiger partial charge in [0.15, 0.2) is 0 Å². The second kappa shape index (κ2) is 4.35. The van der Waals surface area contributed by atoms with Crippen molar-refractivity contribution in [2.45, 2.75) is 26.2 Å². The van der Waals surface area contributed by atoms with E-state index in [-0.39, 0.29) is 11.0 Å². The number of benzene rings is 1. The minimum atomic E-state index is -1.59. The summed E-state index contributed by atoms with van der Waals surface area (Å²) in [5.41, 5.74) is 1.30. The van der Waals surface area contributed by atoms with Crippen LogP contribution in [-0.2, 0) is 10.2 Å². The fraction of sp³-hybridized carbons (Fsp3) is 0.333. The number of ether oxygens (including phenoxy) is 1. The third kappa shape index (κ3) is 3.08. The van der Waals surface area contributed by atoms with Crippen molar-refractivity contribution < 1.29 is 19.4 Å². The highest BCUT2D eigenvalue weighted by Crippen LogP contribution is 2.22. The molecule has 1 N–H and O–H groups in total. The summed E-state index contributed by atoms with van der Waals surface area (Å²) in [6.45, 7) is 6.16. The lowest BCUT2D eigenvalue weighted by Gasteiger charge is -2.18. The Kier molecular flexibility index (Phi) is 3.32. The van der Waals surface area contributed by atoms with Crippen LogP contribution < -0.4 is 0 Å². The first-order valence-electron chi connectivity index (χ1n) is 4.86. The summed E-state index contributed by atoms with van der Waals surface area (Å²) in [7, 11) is 0. The molecule has 4 nitrogen and oxygen atoms in total. The van der Waals surface area contributed by atoms with Crippen LogP contribution in [0.5, 0.6) is 0 Å². The molecule has 0 amide bonds. The van der Waals surface area contributed by atoms with Gasteiger partial charge in [-0.05, 0) is 23.1 Å². The molecule has 0 atom stereocenters. The quantitative estimate of drug-likeness (QED) is 0.586. The molecule has 86 valence electrons. The van der Waals surface area contributed by atoms with Crippen LogP contribution in [0.15, 0.2) is 24.3 Å². The van der Waals surface area contributed by atoms with Crippen molar-refractivity contribution in [2.75, 3.05) is 0 Å². The van der Waals surface area contributed by atoms with Crippen LogP contribution >= 0.6 is 0 Å². The van der Waals surface area contributed by atoms with E-state index in [0.717, 1.165) is 5.56 Å². The van der Waals surface area contributed by atoms with Crippen LogP contribution in [0.25, 0.3) is 0 Å². The zero-order valence-electron chi connectivity index (χ0n) is 9.48. The topological polar surface area (TPSA) is 63.6 Å². The van der Waals surface area contributed by atoms with E-state index in [2.05, 4.69) is 25.5 Å². The van der Waals surface area contributed by atoms with Gasteiger partial charge in [0.1, 0.15) is 0 Å². The van der Waals surface area contributed by atoms with Gasteiger partial charge in [-0.2, -0.15) is 0 Å². The predicted molar refractivity (Wildman–Crippen MR) is 58.6 cm³/mol. The van der Waals surface area contributed by atoms with E-state index in [1.54, 1.807) is 24.3 Å². The molecule has 1 aromatic carbocycles. The van der Waals surface area contributed by atoms with E-state index >= 15 is 0 Å². The smallest absolute Gasteiger partial charge is 0.449 e. The van der Waals surface area contributed by atoms with Crippen molar-refractivity contribution in [2.24, 2.45) is 0 Å². The van der Waals surface area contributed by atoms with Crippen molar-refractivity contribution in [3.63, 3.8) is 0 Å². The zero-order chi connectivity index (χ0) is 12.3. The Hall–Kier alpha value is -1.84. The second-order valence-corrected chi connectivity index (χ2v) is 4.48. The molecular weight excluding hydrogens is 208 g/mol. The highest BCUT2D eigenvalue weighted by atomic mass is 16.7. The summed E-state index contributed by atoms with van der Waals surface area (Å²) in [6, 6.07) is 6.70. The Morgan fingerprint density at radius 1 is 1.12 bits per heavy atom. The van der Waals surface area contributed by atoms with Gasteiger partial charge in [-0.25, -0.2) is 9.59 Å². The maximum atomic E-state index is 11.2.